The molecule has 0 aliphatic rings. The number of rotatable bonds is 5. The summed E-state index contributed by atoms with van der Waals surface area (Å²) in [6, 6.07) is -0.917. The molecule has 0 fully saturated rings. The van der Waals surface area contributed by atoms with Crippen LogP contribution in [0.1, 0.15) is 12.8 Å². The Kier molecular flexibility index (Phi) is 4.78. The molecule has 0 aliphatic heterocycles. The highest BCUT2D eigenvalue weighted by atomic mass is 16.4. The molecule has 13 heavy (non-hydrogen) atoms. The summed E-state index contributed by atoms with van der Waals surface area (Å²) in [4.78, 5) is 10.3. The molecule has 0 radical (unpaired) electrons. The number of hydrogen-bond acceptors (Lipinski definition) is 4. The fourth-order valence-electron chi connectivity index (χ4n) is 0.754. The van der Waals surface area contributed by atoms with E-state index in [0.29, 0.717) is 6.42 Å². The summed E-state index contributed by atoms with van der Waals surface area (Å²) >= 11 is 0. The molecular formula is C6H15N5O2. The van der Waals surface area contributed by atoms with Crippen LogP contribution in [0, 0.1) is 5.41 Å². The third-order valence-electron chi connectivity index (χ3n) is 1.45. The topological polar surface area (TPSA) is 151 Å². The van der Waals surface area contributed by atoms with Crippen LogP contribution in [0.3, 0.4) is 0 Å². The summed E-state index contributed by atoms with van der Waals surface area (Å²) in [6.07, 6.45) is 0.0759. The summed E-state index contributed by atoms with van der Waals surface area (Å²) in [5.74, 6) is -1.30. The second kappa shape index (κ2) is 5.33. The molecule has 76 valence electrons. The van der Waals surface area contributed by atoms with E-state index in [9.17, 15) is 4.79 Å². The Morgan fingerprint density at radius 1 is 1.46 bits per heavy atom. The molecule has 7 heteroatoms. The van der Waals surface area contributed by atoms with Crippen molar-refractivity contribution in [2.24, 2.45) is 17.2 Å². The van der Waals surface area contributed by atoms with Crippen LogP contribution in [0.5, 0.6) is 0 Å². The van der Waals surface area contributed by atoms with Gasteiger partial charge in [-0.3, -0.25) is 10.2 Å². The van der Waals surface area contributed by atoms with Crippen molar-refractivity contribution in [3.8, 4) is 0 Å². The van der Waals surface area contributed by atoms with E-state index in [-0.39, 0.29) is 12.4 Å². The lowest BCUT2D eigenvalue weighted by atomic mass is 10.1. The van der Waals surface area contributed by atoms with Crippen LogP contribution in [0.15, 0.2) is 0 Å². The molecule has 0 aromatic heterocycles. The van der Waals surface area contributed by atoms with E-state index in [2.05, 4.69) is 5.32 Å². The number of carboxylic acids is 1. The van der Waals surface area contributed by atoms with Crippen molar-refractivity contribution in [1.29, 1.82) is 5.41 Å². The van der Waals surface area contributed by atoms with Gasteiger partial charge in [0, 0.05) is 0 Å². The molecule has 7 nitrogen and oxygen atoms in total. The number of aliphatic carboxylic acids is 1. The van der Waals surface area contributed by atoms with Crippen LogP contribution in [0.2, 0.25) is 0 Å². The van der Waals surface area contributed by atoms with Crippen LogP contribution in [0.4, 0.5) is 0 Å². The lowest BCUT2D eigenvalue weighted by Crippen LogP contribution is -2.45. The van der Waals surface area contributed by atoms with Gasteiger partial charge in [-0.25, -0.2) is 0 Å². The number of hydrogen-bond donors (Lipinski definition) is 6. The minimum Gasteiger partial charge on any atom is -0.480 e. The summed E-state index contributed by atoms with van der Waals surface area (Å²) < 4.78 is 0. The molecule has 0 rings (SSSR count). The maximum absolute atomic E-state index is 10.3. The van der Waals surface area contributed by atoms with Crippen molar-refractivity contribution in [2.45, 2.75) is 25.0 Å². The number of nitrogens with two attached hydrogens (primary N) is 3. The van der Waals surface area contributed by atoms with E-state index in [1.54, 1.807) is 0 Å². The molecule has 0 saturated carbocycles. The zero-order chi connectivity index (χ0) is 10.4. The van der Waals surface area contributed by atoms with Crippen LogP contribution < -0.4 is 22.5 Å². The third-order valence-corrected chi connectivity index (χ3v) is 1.45. The van der Waals surface area contributed by atoms with E-state index in [0.717, 1.165) is 0 Å². The zero-order valence-corrected chi connectivity index (χ0v) is 7.16. The summed E-state index contributed by atoms with van der Waals surface area (Å²) in [7, 11) is 0. The average molecular weight is 189 g/mol. The second-order valence-electron chi connectivity index (χ2n) is 2.69. The molecule has 0 spiro atoms. The van der Waals surface area contributed by atoms with Gasteiger partial charge in [-0.05, 0) is 12.8 Å². The Hall–Kier alpha value is -1.34. The molecule has 2 atom stereocenters. The normalized spacial score (nSPS) is 14.6. The van der Waals surface area contributed by atoms with Crippen molar-refractivity contribution in [3.05, 3.63) is 0 Å². The van der Waals surface area contributed by atoms with Gasteiger partial charge in [0.1, 0.15) is 6.04 Å². The number of nitrogens with one attached hydrogen (secondary N) is 2. The van der Waals surface area contributed by atoms with Crippen LogP contribution in [0.25, 0.3) is 0 Å². The highest BCUT2D eigenvalue weighted by molar-refractivity contribution is 5.74. The van der Waals surface area contributed by atoms with Crippen molar-refractivity contribution in [2.75, 3.05) is 0 Å². The molecule has 0 heterocycles. The summed E-state index contributed by atoms with van der Waals surface area (Å²) in [6.45, 7) is 0. The molecule has 0 aromatic carbocycles. The Labute approximate surface area is 75.8 Å². The Balaban J connectivity index is 3.63. The maximum Gasteiger partial charge on any atom is 0.320 e. The number of carboxylic acid groups (broad SMARTS) is 1. The van der Waals surface area contributed by atoms with E-state index in [1.807, 2.05) is 0 Å². The first-order valence-electron chi connectivity index (χ1n) is 3.78. The Morgan fingerprint density at radius 3 is 2.38 bits per heavy atom. The lowest BCUT2D eigenvalue weighted by Gasteiger charge is -2.14. The molecule has 9 N–H and O–H groups in total. The fraction of sp³-hybridized carbons (Fsp3) is 0.667. The highest BCUT2D eigenvalue weighted by Gasteiger charge is 2.12. The van der Waals surface area contributed by atoms with Crippen molar-refractivity contribution >= 4 is 11.9 Å². The monoisotopic (exact) mass is 189 g/mol. The standard InChI is InChI=1S/C6H15N5O2/c7-3(5(12)13)1-2-4(8)11-6(9)10/h3-4H,1-2,7-8H2,(H,12,13)(H4,9,10,11)/t3-,4?/m0/s1. The SMILES string of the molecule is N=C(N)NC(N)CC[C@H](N)C(=O)O. The zero-order valence-electron chi connectivity index (χ0n) is 7.16. The smallest absolute Gasteiger partial charge is 0.320 e. The van der Waals surface area contributed by atoms with Crippen molar-refractivity contribution in [1.82, 2.24) is 5.32 Å². The van der Waals surface area contributed by atoms with Crippen LogP contribution in [-0.2, 0) is 4.79 Å². The van der Waals surface area contributed by atoms with Gasteiger partial charge < -0.3 is 27.6 Å². The van der Waals surface area contributed by atoms with Gasteiger partial charge in [0.15, 0.2) is 5.96 Å². The van der Waals surface area contributed by atoms with Crippen molar-refractivity contribution < 1.29 is 9.90 Å². The predicted octanol–water partition coefficient (Wildman–Crippen LogP) is -2.05. The minimum atomic E-state index is -1.06. The molecule has 0 aromatic rings. The van der Waals surface area contributed by atoms with Gasteiger partial charge in [-0.2, -0.15) is 0 Å². The molecule has 0 aliphatic carbocycles. The molecular weight excluding hydrogens is 174 g/mol. The largest absolute Gasteiger partial charge is 0.480 e. The Bertz CT molecular complexity index is 195. The first-order chi connectivity index (χ1) is 5.93. The average Bonchev–Trinajstić information content (AvgIpc) is 1.98. The van der Waals surface area contributed by atoms with E-state index >= 15 is 0 Å². The van der Waals surface area contributed by atoms with E-state index in [1.165, 1.54) is 0 Å². The van der Waals surface area contributed by atoms with Crippen LogP contribution >= 0.6 is 0 Å². The van der Waals surface area contributed by atoms with Gasteiger partial charge in [0.2, 0.25) is 0 Å². The molecule has 0 bridgehead atoms. The fourth-order valence-corrected chi connectivity index (χ4v) is 0.754. The quantitative estimate of drug-likeness (QED) is 0.166. The van der Waals surface area contributed by atoms with Gasteiger partial charge in [0.25, 0.3) is 0 Å². The summed E-state index contributed by atoms with van der Waals surface area (Å²) in [5, 5.41) is 17.7. The van der Waals surface area contributed by atoms with Crippen LogP contribution in [-0.4, -0.2) is 29.2 Å². The summed E-state index contributed by atoms with van der Waals surface area (Å²) in [5.41, 5.74) is 15.7. The molecule has 0 saturated heterocycles. The number of carbonyl (C=O) groups is 1. The Morgan fingerprint density at radius 2 is 2.00 bits per heavy atom. The first kappa shape index (κ1) is 11.7. The van der Waals surface area contributed by atoms with E-state index < -0.39 is 18.2 Å². The highest BCUT2D eigenvalue weighted by Crippen LogP contribution is 1.95. The first-order valence-corrected chi connectivity index (χ1v) is 3.78. The van der Waals surface area contributed by atoms with Gasteiger partial charge in [-0.15, -0.1) is 0 Å². The van der Waals surface area contributed by atoms with Gasteiger partial charge in [-0.1, -0.05) is 0 Å². The number of guanidine groups is 1. The second-order valence-corrected chi connectivity index (χ2v) is 2.69. The minimum absolute atomic E-state index is 0.239. The third kappa shape index (κ3) is 5.88. The van der Waals surface area contributed by atoms with Crippen molar-refractivity contribution in [3.63, 3.8) is 0 Å². The van der Waals surface area contributed by atoms with Gasteiger partial charge in [0.05, 0.1) is 6.17 Å². The maximum atomic E-state index is 10.3. The lowest BCUT2D eigenvalue weighted by molar-refractivity contribution is -0.138. The molecule has 1 unspecified atom stereocenters. The van der Waals surface area contributed by atoms with Gasteiger partial charge >= 0.3 is 5.97 Å². The van der Waals surface area contributed by atoms with E-state index in [4.69, 9.17) is 27.7 Å². The molecule has 0 amide bonds. The predicted molar refractivity (Wildman–Crippen MR) is 47.9 cm³/mol.